The highest BCUT2D eigenvalue weighted by atomic mass is 35.5. The average Bonchev–Trinajstić information content (AvgIpc) is 2.53. The zero-order valence-corrected chi connectivity index (χ0v) is 15.4. The van der Waals surface area contributed by atoms with Crippen molar-refractivity contribution in [2.45, 2.75) is 13.5 Å². The maximum absolute atomic E-state index is 12.0. The van der Waals surface area contributed by atoms with Gasteiger partial charge in [0.2, 0.25) is 5.43 Å². The molecule has 1 aromatic heterocycles. The van der Waals surface area contributed by atoms with Gasteiger partial charge in [-0.05, 0) is 25.1 Å². The number of anilines is 1. The molecule has 1 heterocycles. The lowest BCUT2D eigenvalue weighted by Gasteiger charge is -2.14. The number of halogens is 2. The van der Waals surface area contributed by atoms with Crippen molar-refractivity contribution in [3.63, 3.8) is 0 Å². The first-order valence-corrected chi connectivity index (χ1v) is 8.24. The minimum absolute atomic E-state index is 0.137. The Morgan fingerprint density at radius 2 is 1.92 bits per heavy atom. The van der Waals surface area contributed by atoms with Crippen LogP contribution in [0.5, 0.6) is 5.75 Å². The summed E-state index contributed by atoms with van der Waals surface area (Å²) in [6.45, 7) is 2.51. The van der Waals surface area contributed by atoms with Gasteiger partial charge in [0.05, 0.1) is 12.3 Å². The molecule has 0 spiro atoms. The zero-order chi connectivity index (χ0) is 18.4. The van der Waals surface area contributed by atoms with E-state index in [2.05, 4.69) is 5.32 Å². The molecule has 0 aliphatic carbocycles. The lowest BCUT2D eigenvalue weighted by Crippen LogP contribution is -2.24. The van der Waals surface area contributed by atoms with Crippen LogP contribution in [0, 0.1) is 6.92 Å². The van der Waals surface area contributed by atoms with Crippen LogP contribution in [-0.4, -0.2) is 30.8 Å². The van der Waals surface area contributed by atoms with Crippen molar-refractivity contribution >= 4 is 34.8 Å². The number of nitrogens with zero attached hydrogens (tertiary/aromatic N) is 1. The molecule has 0 saturated heterocycles. The first-order chi connectivity index (χ1) is 11.9. The monoisotopic (exact) mass is 384 g/mol. The van der Waals surface area contributed by atoms with Crippen molar-refractivity contribution in [2.75, 3.05) is 25.6 Å². The SMILES string of the molecule is COCCn1ccc(=O)c(OCC(=O)Nc2cc(Cl)cc(Cl)c2)c1C. The third-order valence-electron chi connectivity index (χ3n) is 3.42. The fourth-order valence-corrected chi connectivity index (χ4v) is 2.75. The molecule has 0 aliphatic heterocycles. The number of rotatable bonds is 7. The highest BCUT2D eigenvalue weighted by Gasteiger charge is 2.11. The van der Waals surface area contributed by atoms with Crippen molar-refractivity contribution in [1.29, 1.82) is 0 Å². The summed E-state index contributed by atoms with van der Waals surface area (Å²) in [6.07, 6.45) is 1.66. The molecule has 0 aliphatic rings. The van der Waals surface area contributed by atoms with Gasteiger partial charge in [-0.2, -0.15) is 0 Å². The van der Waals surface area contributed by atoms with E-state index in [1.807, 2.05) is 4.57 Å². The summed E-state index contributed by atoms with van der Waals surface area (Å²) in [7, 11) is 1.60. The number of hydrogen-bond donors (Lipinski definition) is 1. The highest BCUT2D eigenvalue weighted by Crippen LogP contribution is 2.22. The number of hydrogen-bond acceptors (Lipinski definition) is 4. The minimum atomic E-state index is -0.426. The van der Waals surface area contributed by atoms with Crippen LogP contribution in [-0.2, 0) is 16.1 Å². The zero-order valence-electron chi connectivity index (χ0n) is 13.8. The normalized spacial score (nSPS) is 10.6. The first kappa shape index (κ1) is 19.3. The summed E-state index contributed by atoms with van der Waals surface area (Å²) in [4.78, 5) is 24.0. The van der Waals surface area contributed by atoms with E-state index in [1.54, 1.807) is 38.4 Å². The largest absolute Gasteiger partial charge is 0.478 e. The van der Waals surface area contributed by atoms with Crippen molar-refractivity contribution in [2.24, 2.45) is 0 Å². The second-order valence-electron chi connectivity index (χ2n) is 5.28. The summed E-state index contributed by atoms with van der Waals surface area (Å²) in [6, 6.07) is 6.09. The van der Waals surface area contributed by atoms with Gasteiger partial charge in [0.15, 0.2) is 12.4 Å². The van der Waals surface area contributed by atoms with Crippen LogP contribution in [0.25, 0.3) is 0 Å². The summed E-state index contributed by atoms with van der Waals surface area (Å²) in [5.41, 5.74) is 0.793. The Balaban J connectivity index is 2.05. The van der Waals surface area contributed by atoms with Gasteiger partial charge in [-0.3, -0.25) is 9.59 Å². The van der Waals surface area contributed by atoms with Crippen molar-refractivity contribution in [3.8, 4) is 5.75 Å². The number of pyridine rings is 1. The van der Waals surface area contributed by atoms with Gasteiger partial charge in [-0.25, -0.2) is 0 Å². The van der Waals surface area contributed by atoms with Gasteiger partial charge in [0.25, 0.3) is 5.91 Å². The number of amides is 1. The molecule has 2 rings (SSSR count). The summed E-state index contributed by atoms with van der Waals surface area (Å²) >= 11 is 11.8. The van der Waals surface area contributed by atoms with Crippen LogP contribution >= 0.6 is 23.2 Å². The number of nitrogens with one attached hydrogen (secondary N) is 1. The molecule has 0 fully saturated rings. The topological polar surface area (TPSA) is 69.6 Å². The van der Waals surface area contributed by atoms with E-state index in [4.69, 9.17) is 32.7 Å². The summed E-state index contributed by atoms with van der Waals surface area (Å²) in [5, 5.41) is 3.43. The average molecular weight is 385 g/mol. The van der Waals surface area contributed by atoms with Crippen LogP contribution in [0.3, 0.4) is 0 Å². The standard InChI is InChI=1S/C17H18Cl2N2O4/c1-11-17(15(22)3-4-21(11)5-6-24-2)25-10-16(23)20-14-8-12(18)7-13(19)9-14/h3-4,7-9H,5-6,10H2,1-2H3,(H,20,23). The minimum Gasteiger partial charge on any atom is -0.478 e. The second-order valence-corrected chi connectivity index (χ2v) is 6.15. The van der Waals surface area contributed by atoms with Gasteiger partial charge < -0.3 is 19.4 Å². The van der Waals surface area contributed by atoms with Crippen molar-refractivity contribution in [3.05, 3.63) is 56.4 Å². The Kier molecular flexibility index (Phi) is 6.87. The van der Waals surface area contributed by atoms with Crippen LogP contribution in [0.4, 0.5) is 5.69 Å². The summed E-state index contributed by atoms with van der Waals surface area (Å²) < 4.78 is 12.3. The van der Waals surface area contributed by atoms with E-state index < -0.39 is 5.91 Å². The fourth-order valence-electron chi connectivity index (χ4n) is 2.22. The van der Waals surface area contributed by atoms with Crippen LogP contribution < -0.4 is 15.5 Å². The molecule has 1 aromatic carbocycles. The smallest absolute Gasteiger partial charge is 0.262 e. The van der Waals surface area contributed by atoms with Crippen molar-refractivity contribution in [1.82, 2.24) is 4.57 Å². The van der Waals surface area contributed by atoms with Gasteiger partial charge in [-0.1, -0.05) is 23.2 Å². The fraction of sp³-hybridized carbons (Fsp3) is 0.294. The molecular formula is C17H18Cl2N2O4. The Hall–Kier alpha value is -2.02. The van der Waals surface area contributed by atoms with Crippen LogP contribution in [0.1, 0.15) is 5.69 Å². The van der Waals surface area contributed by atoms with Gasteiger partial charge in [-0.15, -0.1) is 0 Å². The van der Waals surface area contributed by atoms with Crippen molar-refractivity contribution < 1.29 is 14.3 Å². The molecule has 0 bridgehead atoms. The van der Waals surface area contributed by atoms with E-state index in [0.717, 1.165) is 0 Å². The lowest BCUT2D eigenvalue weighted by atomic mass is 10.3. The van der Waals surface area contributed by atoms with Gasteiger partial charge in [0, 0.05) is 41.7 Å². The molecule has 1 N–H and O–H groups in total. The number of carbonyl (C=O) groups is 1. The van der Waals surface area contributed by atoms with Crippen LogP contribution in [0.2, 0.25) is 10.0 Å². The molecule has 0 radical (unpaired) electrons. The molecule has 0 atom stereocenters. The maximum Gasteiger partial charge on any atom is 0.262 e. The molecular weight excluding hydrogens is 367 g/mol. The Morgan fingerprint density at radius 3 is 2.56 bits per heavy atom. The number of benzene rings is 1. The number of aromatic nitrogens is 1. The molecule has 25 heavy (non-hydrogen) atoms. The third-order valence-corrected chi connectivity index (χ3v) is 3.86. The lowest BCUT2D eigenvalue weighted by molar-refractivity contribution is -0.118. The maximum atomic E-state index is 12.0. The Bertz CT molecular complexity index is 801. The van der Waals surface area contributed by atoms with E-state index in [-0.39, 0.29) is 17.8 Å². The summed E-state index contributed by atoms with van der Waals surface area (Å²) in [5.74, 6) is -0.290. The Morgan fingerprint density at radius 1 is 1.24 bits per heavy atom. The predicted molar refractivity (Wildman–Crippen MR) is 97.9 cm³/mol. The van der Waals surface area contributed by atoms with E-state index in [9.17, 15) is 9.59 Å². The number of ether oxygens (including phenoxy) is 2. The van der Waals surface area contributed by atoms with E-state index >= 15 is 0 Å². The molecule has 0 unspecified atom stereocenters. The Labute approximate surface area is 155 Å². The van der Waals surface area contributed by atoms with Gasteiger partial charge in [0.1, 0.15) is 0 Å². The molecule has 134 valence electrons. The second kappa shape index (κ2) is 8.89. The molecule has 8 heteroatoms. The van der Waals surface area contributed by atoms with Crippen LogP contribution in [0.15, 0.2) is 35.3 Å². The molecule has 1 amide bonds. The molecule has 2 aromatic rings. The molecule has 6 nitrogen and oxygen atoms in total. The first-order valence-electron chi connectivity index (χ1n) is 7.48. The highest BCUT2D eigenvalue weighted by molar-refractivity contribution is 6.35. The number of carbonyl (C=O) groups excluding carboxylic acids is 1. The number of methoxy groups -OCH3 is 1. The predicted octanol–water partition coefficient (Wildman–Crippen LogP) is 3.13. The molecule has 0 saturated carbocycles. The quantitative estimate of drug-likeness (QED) is 0.795. The third kappa shape index (κ3) is 5.49. The van der Waals surface area contributed by atoms with Gasteiger partial charge >= 0.3 is 0 Å². The van der Waals surface area contributed by atoms with E-state index in [1.165, 1.54) is 6.07 Å². The van der Waals surface area contributed by atoms with E-state index in [0.29, 0.717) is 34.6 Å².